The van der Waals surface area contributed by atoms with Crippen LogP contribution in [0.1, 0.15) is 17.2 Å². The molecule has 4 heteroatoms. The molecule has 0 aliphatic rings. The average Bonchev–Trinajstić information content (AvgIpc) is 2.56. The molecular weight excluding hydrogens is 278 g/mol. The zero-order valence-corrected chi connectivity index (χ0v) is 12.6. The lowest BCUT2D eigenvalue weighted by Gasteiger charge is -2.17. The third-order valence-corrected chi connectivity index (χ3v) is 4.30. The minimum absolute atomic E-state index is 0.0574. The fourth-order valence-corrected chi connectivity index (χ4v) is 2.84. The van der Waals surface area contributed by atoms with Crippen molar-refractivity contribution in [1.29, 1.82) is 0 Å². The van der Waals surface area contributed by atoms with Gasteiger partial charge in [-0.1, -0.05) is 30.3 Å². The Hall–Kier alpha value is -1.88. The topological polar surface area (TPSA) is 50.9 Å². The molecule has 1 atom stereocenters. The number of fused-ring (bicyclic) bond motifs is 1. The predicted octanol–water partition coefficient (Wildman–Crippen LogP) is 3.51. The maximum atomic E-state index is 5.77. The first kappa shape index (κ1) is 14.1. The zero-order valence-electron chi connectivity index (χ0n) is 11.8. The van der Waals surface area contributed by atoms with Gasteiger partial charge in [0.15, 0.2) is 0 Å². The first-order chi connectivity index (χ1) is 10.3. The molecule has 0 bridgehead atoms. The summed E-state index contributed by atoms with van der Waals surface area (Å²) < 4.78 is 0. The van der Waals surface area contributed by atoms with Crippen LogP contribution in [0.3, 0.4) is 0 Å². The minimum Gasteiger partial charge on any atom is -0.271 e. The number of hydrogen-bond donors (Lipinski definition) is 2. The van der Waals surface area contributed by atoms with Crippen LogP contribution in [0.4, 0.5) is 0 Å². The molecule has 1 heterocycles. The number of benzene rings is 2. The van der Waals surface area contributed by atoms with E-state index < -0.39 is 0 Å². The summed E-state index contributed by atoms with van der Waals surface area (Å²) in [6.45, 7) is 0. The standard InChI is InChI=1S/C17H17N3S/c1-21-15-8-6-12(7-9-15)17(20-18)14-10-13-4-2-3-5-16(13)19-11-14/h2-11,17,20H,18H2,1H3. The van der Waals surface area contributed by atoms with Gasteiger partial charge in [0.05, 0.1) is 11.6 Å². The summed E-state index contributed by atoms with van der Waals surface area (Å²) in [6.07, 6.45) is 3.95. The number of nitrogens with zero attached hydrogens (tertiary/aromatic N) is 1. The van der Waals surface area contributed by atoms with E-state index in [0.717, 1.165) is 22.0 Å². The fourth-order valence-electron chi connectivity index (χ4n) is 2.43. The van der Waals surface area contributed by atoms with Crippen LogP contribution < -0.4 is 11.3 Å². The number of para-hydroxylation sites is 1. The van der Waals surface area contributed by atoms with Crippen LogP contribution in [0.25, 0.3) is 10.9 Å². The van der Waals surface area contributed by atoms with Crippen molar-refractivity contribution in [2.45, 2.75) is 10.9 Å². The molecule has 3 rings (SSSR count). The third-order valence-electron chi connectivity index (χ3n) is 3.56. The Morgan fingerprint density at radius 2 is 1.81 bits per heavy atom. The molecule has 106 valence electrons. The number of aromatic nitrogens is 1. The van der Waals surface area contributed by atoms with Crippen LogP contribution in [0.5, 0.6) is 0 Å². The highest BCUT2D eigenvalue weighted by atomic mass is 32.2. The molecule has 0 aliphatic heterocycles. The van der Waals surface area contributed by atoms with Crippen molar-refractivity contribution in [3.63, 3.8) is 0 Å². The minimum atomic E-state index is -0.0574. The van der Waals surface area contributed by atoms with Gasteiger partial charge in [0.2, 0.25) is 0 Å². The second-order valence-corrected chi connectivity index (χ2v) is 5.71. The third kappa shape index (κ3) is 2.93. The molecule has 0 radical (unpaired) electrons. The van der Waals surface area contributed by atoms with Gasteiger partial charge in [0.25, 0.3) is 0 Å². The molecule has 0 spiro atoms. The van der Waals surface area contributed by atoms with Crippen LogP contribution in [0.15, 0.2) is 65.7 Å². The van der Waals surface area contributed by atoms with Gasteiger partial charge in [-0.15, -0.1) is 11.8 Å². The van der Waals surface area contributed by atoms with Gasteiger partial charge in [-0.25, -0.2) is 5.43 Å². The average molecular weight is 295 g/mol. The number of nitrogens with one attached hydrogen (secondary N) is 1. The SMILES string of the molecule is CSc1ccc(C(NN)c2cnc3ccccc3c2)cc1. The molecule has 2 aromatic carbocycles. The summed E-state index contributed by atoms with van der Waals surface area (Å²) in [4.78, 5) is 5.75. The molecule has 0 saturated carbocycles. The van der Waals surface area contributed by atoms with Crippen LogP contribution in [0, 0.1) is 0 Å². The highest BCUT2D eigenvalue weighted by molar-refractivity contribution is 7.98. The first-order valence-electron chi connectivity index (χ1n) is 6.76. The zero-order chi connectivity index (χ0) is 14.7. The summed E-state index contributed by atoms with van der Waals surface area (Å²) in [7, 11) is 0. The molecular formula is C17H17N3S. The van der Waals surface area contributed by atoms with Gasteiger partial charge in [-0.2, -0.15) is 0 Å². The van der Waals surface area contributed by atoms with Crippen molar-refractivity contribution < 1.29 is 0 Å². The van der Waals surface area contributed by atoms with E-state index in [1.54, 1.807) is 11.8 Å². The van der Waals surface area contributed by atoms with E-state index >= 15 is 0 Å². The van der Waals surface area contributed by atoms with Gasteiger partial charge < -0.3 is 0 Å². The molecule has 3 N–H and O–H groups in total. The Kier molecular flexibility index (Phi) is 4.20. The van der Waals surface area contributed by atoms with E-state index in [1.165, 1.54) is 4.90 Å². The molecule has 0 amide bonds. The van der Waals surface area contributed by atoms with Crippen LogP contribution in [-0.4, -0.2) is 11.2 Å². The predicted molar refractivity (Wildman–Crippen MR) is 89.1 cm³/mol. The number of nitrogens with two attached hydrogens (primary N) is 1. The van der Waals surface area contributed by atoms with E-state index in [1.807, 2.05) is 24.4 Å². The maximum Gasteiger partial charge on any atom is 0.0725 e. The maximum absolute atomic E-state index is 5.77. The Morgan fingerprint density at radius 3 is 2.52 bits per heavy atom. The van der Waals surface area contributed by atoms with Crippen molar-refractivity contribution in [2.24, 2.45) is 5.84 Å². The second-order valence-electron chi connectivity index (χ2n) is 4.83. The Labute approximate surface area is 128 Å². The van der Waals surface area contributed by atoms with Crippen LogP contribution >= 0.6 is 11.8 Å². The first-order valence-corrected chi connectivity index (χ1v) is 7.99. The summed E-state index contributed by atoms with van der Waals surface area (Å²) in [5.74, 6) is 5.77. The molecule has 3 nitrogen and oxygen atoms in total. The van der Waals surface area contributed by atoms with E-state index in [4.69, 9.17) is 5.84 Å². The Bertz CT molecular complexity index is 740. The molecule has 21 heavy (non-hydrogen) atoms. The molecule has 1 aromatic heterocycles. The lowest BCUT2D eigenvalue weighted by molar-refractivity contribution is 0.635. The molecule has 1 unspecified atom stereocenters. The van der Waals surface area contributed by atoms with Crippen LogP contribution in [-0.2, 0) is 0 Å². The number of hydrogen-bond acceptors (Lipinski definition) is 4. The summed E-state index contributed by atoms with van der Waals surface area (Å²) in [5.41, 5.74) is 6.08. The van der Waals surface area contributed by atoms with Crippen molar-refractivity contribution in [3.8, 4) is 0 Å². The van der Waals surface area contributed by atoms with E-state index in [0.29, 0.717) is 0 Å². The van der Waals surface area contributed by atoms with Gasteiger partial charge in [0.1, 0.15) is 0 Å². The lowest BCUT2D eigenvalue weighted by atomic mass is 9.99. The highest BCUT2D eigenvalue weighted by Gasteiger charge is 2.13. The number of thioether (sulfide) groups is 1. The largest absolute Gasteiger partial charge is 0.271 e. The van der Waals surface area contributed by atoms with Gasteiger partial charge in [0, 0.05) is 16.5 Å². The molecule has 0 saturated heterocycles. The molecule has 0 fully saturated rings. The van der Waals surface area contributed by atoms with Crippen molar-refractivity contribution in [3.05, 3.63) is 71.9 Å². The van der Waals surface area contributed by atoms with Gasteiger partial charge in [-0.3, -0.25) is 10.8 Å². The number of rotatable bonds is 4. The van der Waals surface area contributed by atoms with Crippen molar-refractivity contribution >= 4 is 22.7 Å². The normalized spacial score (nSPS) is 12.5. The molecule has 3 aromatic rings. The summed E-state index contributed by atoms with van der Waals surface area (Å²) >= 11 is 1.73. The van der Waals surface area contributed by atoms with Crippen molar-refractivity contribution in [1.82, 2.24) is 10.4 Å². The van der Waals surface area contributed by atoms with E-state index in [2.05, 4.69) is 53.1 Å². The van der Waals surface area contributed by atoms with Gasteiger partial charge in [-0.05, 0) is 41.6 Å². The second kappa shape index (κ2) is 6.26. The molecule has 0 aliphatic carbocycles. The quantitative estimate of drug-likeness (QED) is 0.439. The lowest BCUT2D eigenvalue weighted by Crippen LogP contribution is -2.28. The summed E-state index contributed by atoms with van der Waals surface area (Å²) in [5, 5.41) is 1.12. The smallest absolute Gasteiger partial charge is 0.0725 e. The van der Waals surface area contributed by atoms with Crippen molar-refractivity contribution in [2.75, 3.05) is 6.26 Å². The highest BCUT2D eigenvalue weighted by Crippen LogP contribution is 2.25. The van der Waals surface area contributed by atoms with Gasteiger partial charge >= 0.3 is 0 Å². The van der Waals surface area contributed by atoms with Crippen LogP contribution in [0.2, 0.25) is 0 Å². The Balaban J connectivity index is 2.00. The van der Waals surface area contributed by atoms with E-state index in [9.17, 15) is 0 Å². The fraction of sp³-hybridized carbons (Fsp3) is 0.118. The summed E-state index contributed by atoms with van der Waals surface area (Å²) in [6, 6.07) is 18.6. The number of hydrazine groups is 1. The monoisotopic (exact) mass is 295 g/mol. The Morgan fingerprint density at radius 1 is 1.05 bits per heavy atom. The number of pyridine rings is 1. The van der Waals surface area contributed by atoms with E-state index in [-0.39, 0.29) is 6.04 Å².